The van der Waals surface area contributed by atoms with Crippen LogP contribution >= 0.6 is 11.6 Å². The highest BCUT2D eigenvalue weighted by Gasteiger charge is 2.04. The van der Waals surface area contributed by atoms with Crippen LogP contribution in [-0.4, -0.2) is 10.1 Å². The lowest BCUT2D eigenvalue weighted by molar-refractivity contribution is 0.481. The number of hydrogen-bond acceptors (Lipinski definition) is 1. The van der Waals surface area contributed by atoms with Crippen molar-refractivity contribution in [3.8, 4) is 5.75 Å². The van der Waals surface area contributed by atoms with Gasteiger partial charge in [0.1, 0.15) is 5.75 Å². The van der Waals surface area contributed by atoms with E-state index in [0.29, 0.717) is 5.75 Å². The summed E-state index contributed by atoms with van der Waals surface area (Å²) in [4.78, 5) is 3.11. The molecule has 1 aromatic heterocycles. The predicted octanol–water partition coefficient (Wildman–Crippen LogP) is 4.12. The van der Waals surface area contributed by atoms with Crippen molar-refractivity contribution in [1.82, 2.24) is 4.98 Å². The number of aromatic nitrogens is 1. The van der Waals surface area contributed by atoms with E-state index in [1.807, 2.05) is 42.6 Å². The summed E-state index contributed by atoms with van der Waals surface area (Å²) in [6.07, 6.45) is 2.61. The zero-order valence-corrected chi connectivity index (χ0v) is 10.4. The summed E-state index contributed by atoms with van der Waals surface area (Å²) in [7, 11) is 0. The van der Waals surface area contributed by atoms with Gasteiger partial charge in [-0.05, 0) is 47.9 Å². The van der Waals surface area contributed by atoms with Gasteiger partial charge in [0.2, 0.25) is 0 Å². The average Bonchev–Trinajstić information content (AvgIpc) is 2.81. The van der Waals surface area contributed by atoms with Crippen molar-refractivity contribution < 1.29 is 5.11 Å². The van der Waals surface area contributed by atoms with Gasteiger partial charge in [0.05, 0.1) is 0 Å². The molecule has 0 bridgehead atoms. The Morgan fingerprint density at radius 2 is 1.78 bits per heavy atom. The number of nitrogens with one attached hydrogen (secondary N) is 1. The van der Waals surface area contributed by atoms with Crippen LogP contribution in [0.25, 0.3) is 10.9 Å². The largest absolute Gasteiger partial charge is 0.507 e. The van der Waals surface area contributed by atoms with Crippen molar-refractivity contribution in [3.05, 3.63) is 64.8 Å². The summed E-state index contributed by atoms with van der Waals surface area (Å²) in [6, 6.07) is 13.5. The van der Waals surface area contributed by atoms with Crippen molar-refractivity contribution in [2.75, 3.05) is 0 Å². The van der Waals surface area contributed by atoms with Crippen molar-refractivity contribution in [2.45, 2.75) is 6.42 Å². The molecule has 0 amide bonds. The maximum Gasteiger partial charge on any atom is 0.125 e. The van der Waals surface area contributed by atoms with Crippen molar-refractivity contribution in [1.29, 1.82) is 0 Å². The monoisotopic (exact) mass is 257 g/mol. The normalized spacial score (nSPS) is 10.9. The van der Waals surface area contributed by atoms with Gasteiger partial charge >= 0.3 is 0 Å². The molecule has 3 rings (SSSR count). The first-order valence-electron chi connectivity index (χ1n) is 5.76. The fraction of sp³-hybridized carbons (Fsp3) is 0.0667. The predicted molar refractivity (Wildman–Crippen MR) is 74.2 cm³/mol. The van der Waals surface area contributed by atoms with E-state index >= 15 is 0 Å². The number of fused-ring (bicyclic) bond motifs is 1. The van der Waals surface area contributed by atoms with Gasteiger partial charge in [-0.15, -0.1) is 0 Å². The lowest BCUT2D eigenvalue weighted by Crippen LogP contribution is -1.88. The number of benzene rings is 2. The minimum atomic E-state index is 0.317. The highest BCUT2D eigenvalue weighted by Crippen LogP contribution is 2.26. The zero-order valence-electron chi connectivity index (χ0n) is 9.65. The molecule has 3 aromatic rings. The van der Waals surface area contributed by atoms with Gasteiger partial charge in [0.15, 0.2) is 0 Å². The Labute approximate surface area is 110 Å². The third-order valence-corrected chi connectivity index (χ3v) is 3.28. The fourth-order valence-corrected chi connectivity index (χ4v) is 2.27. The molecule has 2 aromatic carbocycles. The molecular weight excluding hydrogens is 246 g/mol. The van der Waals surface area contributed by atoms with Gasteiger partial charge in [-0.1, -0.05) is 23.7 Å². The fourth-order valence-electron chi connectivity index (χ4n) is 2.15. The molecule has 2 N–H and O–H groups in total. The highest BCUT2D eigenvalue weighted by molar-refractivity contribution is 6.30. The molecule has 18 heavy (non-hydrogen) atoms. The lowest BCUT2D eigenvalue weighted by Gasteiger charge is -2.04. The quantitative estimate of drug-likeness (QED) is 0.712. The molecule has 1 heterocycles. The van der Waals surface area contributed by atoms with Gasteiger partial charge < -0.3 is 10.1 Å². The molecule has 0 saturated heterocycles. The van der Waals surface area contributed by atoms with Gasteiger partial charge in [-0.3, -0.25) is 0 Å². The number of H-pyrrole nitrogens is 1. The molecule has 0 atom stereocenters. The summed E-state index contributed by atoms with van der Waals surface area (Å²) in [6.45, 7) is 0. The summed E-state index contributed by atoms with van der Waals surface area (Å²) in [5.41, 5.74) is 3.20. The molecule has 0 aliphatic carbocycles. The van der Waals surface area contributed by atoms with Crippen LogP contribution in [0.2, 0.25) is 5.02 Å². The first-order chi connectivity index (χ1) is 8.72. The van der Waals surface area contributed by atoms with E-state index in [0.717, 1.165) is 27.9 Å². The Balaban J connectivity index is 1.97. The van der Waals surface area contributed by atoms with Crippen LogP contribution in [0, 0.1) is 0 Å². The van der Waals surface area contributed by atoms with Crippen LogP contribution in [0.3, 0.4) is 0 Å². The first kappa shape index (κ1) is 11.2. The van der Waals surface area contributed by atoms with Crippen LogP contribution < -0.4 is 0 Å². The first-order valence-corrected chi connectivity index (χ1v) is 6.13. The van der Waals surface area contributed by atoms with E-state index in [1.165, 1.54) is 5.56 Å². The van der Waals surface area contributed by atoms with Crippen LogP contribution in [0.1, 0.15) is 11.1 Å². The molecule has 0 saturated carbocycles. The molecule has 0 radical (unpaired) electrons. The SMILES string of the molecule is Oc1cc(Cc2ccc(Cl)cc2)cc2[nH]ccc12. The molecular formula is C15H12ClNO. The van der Waals surface area contributed by atoms with Gasteiger partial charge in [-0.25, -0.2) is 0 Å². The second-order valence-electron chi connectivity index (χ2n) is 4.36. The van der Waals surface area contributed by atoms with Crippen LogP contribution in [0.4, 0.5) is 0 Å². The summed E-state index contributed by atoms with van der Waals surface area (Å²) >= 11 is 5.86. The molecule has 0 aliphatic rings. The number of aromatic hydroxyl groups is 1. The number of aromatic amines is 1. The third kappa shape index (κ3) is 2.07. The Morgan fingerprint density at radius 3 is 2.56 bits per heavy atom. The minimum absolute atomic E-state index is 0.317. The number of phenols is 1. The zero-order chi connectivity index (χ0) is 12.5. The summed E-state index contributed by atoms with van der Waals surface area (Å²) in [5, 5.41) is 11.5. The van der Waals surface area contributed by atoms with E-state index in [4.69, 9.17) is 11.6 Å². The van der Waals surface area contributed by atoms with E-state index in [2.05, 4.69) is 11.1 Å². The smallest absolute Gasteiger partial charge is 0.125 e. The summed E-state index contributed by atoms with van der Waals surface area (Å²) < 4.78 is 0. The highest BCUT2D eigenvalue weighted by atomic mass is 35.5. The Kier molecular flexibility index (Phi) is 2.73. The van der Waals surface area contributed by atoms with Crippen LogP contribution in [-0.2, 0) is 6.42 Å². The third-order valence-electron chi connectivity index (χ3n) is 3.03. The Hall–Kier alpha value is -1.93. The van der Waals surface area contributed by atoms with Crippen LogP contribution in [0.5, 0.6) is 5.75 Å². The molecule has 2 nitrogen and oxygen atoms in total. The molecule has 0 unspecified atom stereocenters. The molecule has 3 heteroatoms. The van der Waals surface area contributed by atoms with Crippen LogP contribution in [0.15, 0.2) is 48.7 Å². The van der Waals surface area contributed by atoms with Crippen molar-refractivity contribution >= 4 is 22.5 Å². The number of phenolic OH excluding ortho intramolecular Hbond substituents is 1. The van der Waals surface area contributed by atoms with E-state index in [1.54, 1.807) is 0 Å². The van der Waals surface area contributed by atoms with Crippen molar-refractivity contribution in [3.63, 3.8) is 0 Å². The molecule has 0 fully saturated rings. The van der Waals surface area contributed by atoms with Gasteiger partial charge in [-0.2, -0.15) is 0 Å². The van der Waals surface area contributed by atoms with E-state index in [-0.39, 0.29) is 0 Å². The van der Waals surface area contributed by atoms with Gasteiger partial charge in [0, 0.05) is 22.1 Å². The lowest BCUT2D eigenvalue weighted by atomic mass is 10.0. The van der Waals surface area contributed by atoms with Gasteiger partial charge in [0.25, 0.3) is 0 Å². The second kappa shape index (κ2) is 4.39. The number of hydrogen-bond donors (Lipinski definition) is 2. The maximum absolute atomic E-state index is 9.92. The maximum atomic E-state index is 9.92. The Morgan fingerprint density at radius 1 is 1.00 bits per heavy atom. The van der Waals surface area contributed by atoms with Crippen molar-refractivity contribution in [2.24, 2.45) is 0 Å². The molecule has 90 valence electrons. The van der Waals surface area contributed by atoms with E-state index in [9.17, 15) is 5.11 Å². The number of rotatable bonds is 2. The summed E-state index contributed by atoms with van der Waals surface area (Å²) in [5.74, 6) is 0.317. The average molecular weight is 258 g/mol. The molecule has 0 spiro atoms. The minimum Gasteiger partial charge on any atom is -0.507 e. The van der Waals surface area contributed by atoms with E-state index < -0.39 is 0 Å². The topological polar surface area (TPSA) is 36.0 Å². The standard InChI is InChI=1S/C15H12ClNO/c16-12-3-1-10(2-4-12)7-11-8-14-13(5-6-17-14)15(18)9-11/h1-6,8-9,17-18H,7H2. The number of halogens is 1. The second-order valence-corrected chi connectivity index (χ2v) is 4.79. The molecule has 0 aliphatic heterocycles. The Bertz CT molecular complexity index is 685.